The molecule has 2 atom stereocenters. The minimum atomic E-state index is -0.435. The maximum Gasteiger partial charge on any atom is 0.142 e. The summed E-state index contributed by atoms with van der Waals surface area (Å²) in [5.41, 5.74) is 2.18. The van der Waals surface area contributed by atoms with Crippen molar-refractivity contribution in [2.24, 2.45) is 0 Å². The Morgan fingerprint density at radius 1 is 0.963 bits per heavy atom. The highest BCUT2D eigenvalue weighted by Crippen LogP contribution is 2.30. The average Bonchev–Trinajstić information content (AvgIpc) is 2.75. The first-order chi connectivity index (χ1) is 13.2. The summed E-state index contributed by atoms with van der Waals surface area (Å²) in [4.78, 5) is 4.86. The number of methoxy groups -OCH3 is 1. The summed E-state index contributed by atoms with van der Waals surface area (Å²) in [5.74, 6) is 0.929. The summed E-state index contributed by atoms with van der Waals surface area (Å²) in [6, 6.07) is 18.5. The van der Waals surface area contributed by atoms with Crippen LogP contribution in [0.25, 0.3) is 0 Å². The predicted molar refractivity (Wildman–Crippen MR) is 111 cm³/mol. The number of nitrogens with zero attached hydrogens (tertiary/aromatic N) is 2. The van der Waals surface area contributed by atoms with Gasteiger partial charge in [0.25, 0.3) is 0 Å². The molecule has 4 heteroatoms. The number of aliphatic hydroxyl groups excluding tert-OH is 1. The van der Waals surface area contributed by atoms with Gasteiger partial charge in [0, 0.05) is 32.2 Å². The van der Waals surface area contributed by atoms with Gasteiger partial charge in [-0.25, -0.2) is 0 Å². The maximum absolute atomic E-state index is 11.0. The third-order valence-electron chi connectivity index (χ3n) is 5.57. The highest BCUT2D eigenvalue weighted by molar-refractivity contribution is 5.58. The van der Waals surface area contributed by atoms with Crippen LogP contribution in [-0.2, 0) is 0 Å². The van der Waals surface area contributed by atoms with E-state index >= 15 is 0 Å². The number of piperazine rings is 1. The number of benzene rings is 2. The summed E-state index contributed by atoms with van der Waals surface area (Å²) in [6.45, 7) is 6.02. The van der Waals surface area contributed by atoms with E-state index in [0.717, 1.165) is 62.4 Å². The molecule has 1 heterocycles. The van der Waals surface area contributed by atoms with E-state index in [1.807, 2.05) is 42.5 Å². The third kappa shape index (κ3) is 4.82. The monoisotopic (exact) mass is 368 g/mol. The highest BCUT2D eigenvalue weighted by Gasteiger charge is 2.30. The molecule has 1 fully saturated rings. The zero-order valence-corrected chi connectivity index (χ0v) is 16.6. The van der Waals surface area contributed by atoms with Crippen LogP contribution < -0.4 is 9.64 Å². The van der Waals surface area contributed by atoms with Crippen molar-refractivity contribution in [3.8, 4) is 5.75 Å². The predicted octanol–water partition coefficient (Wildman–Crippen LogP) is 4.11. The molecule has 0 aromatic heterocycles. The molecule has 1 aliphatic heterocycles. The van der Waals surface area contributed by atoms with Gasteiger partial charge < -0.3 is 14.7 Å². The van der Waals surface area contributed by atoms with Crippen LogP contribution >= 0.6 is 0 Å². The Labute approximate surface area is 163 Å². The molecular formula is C23H32N2O2. The Morgan fingerprint density at radius 2 is 1.63 bits per heavy atom. The molecule has 2 aromatic rings. The number of unbranched alkanes of at least 4 members (excludes halogenated alkanes) is 1. The van der Waals surface area contributed by atoms with Crippen LogP contribution in [-0.4, -0.2) is 49.3 Å². The van der Waals surface area contributed by atoms with Crippen LogP contribution in [0.2, 0.25) is 0 Å². The van der Waals surface area contributed by atoms with E-state index in [2.05, 4.69) is 28.9 Å². The van der Waals surface area contributed by atoms with Gasteiger partial charge in [0.05, 0.1) is 18.9 Å². The van der Waals surface area contributed by atoms with E-state index in [0.29, 0.717) is 0 Å². The molecule has 1 N–H and O–H groups in total. The topological polar surface area (TPSA) is 35.9 Å². The number of rotatable bonds is 8. The van der Waals surface area contributed by atoms with Gasteiger partial charge >= 0.3 is 0 Å². The Bertz CT molecular complexity index is 684. The first-order valence-electron chi connectivity index (χ1n) is 10.1. The van der Waals surface area contributed by atoms with Gasteiger partial charge in [-0.2, -0.15) is 0 Å². The second-order valence-electron chi connectivity index (χ2n) is 7.26. The van der Waals surface area contributed by atoms with Crippen molar-refractivity contribution in [1.29, 1.82) is 0 Å². The Morgan fingerprint density at radius 3 is 2.30 bits per heavy atom. The zero-order valence-electron chi connectivity index (χ0n) is 16.6. The van der Waals surface area contributed by atoms with Crippen molar-refractivity contribution in [1.82, 2.24) is 4.90 Å². The summed E-state index contributed by atoms with van der Waals surface area (Å²) in [5, 5.41) is 11.0. The van der Waals surface area contributed by atoms with E-state index in [4.69, 9.17) is 4.74 Å². The quantitative estimate of drug-likeness (QED) is 0.761. The molecule has 0 amide bonds. The van der Waals surface area contributed by atoms with Crippen LogP contribution in [0.3, 0.4) is 0 Å². The lowest BCUT2D eigenvalue weighted by atomic mass is 9.95. The van der Waals surface area contributed by atoms with Crippen molar-refractivity contribution >= 4 is 5.69 Å². The minimum absolute atomic E-state index is 0.173. The van der Waals surface area contributed by atoms with Crippen molar-refractivity contribution in [2.75, 3.05) is 38.2 Å². The second-order valence-corrected chi connectivity index (χ2v) is 7.26. The molecule has 2 unspecified atom stereocenters. The molecule has 27 heavy (non-hydrogen) atoms. The van der Waals surface area contributed by atoms with Crippen LogP contribution in [0.5, 0.6) is 5.75 Å². The number of ether oxygens (including phenoxy) is 1. The van der Waals surface area contributed by atoms with E-state index in [-0.39, 0.29) is 6.04 Å². The summed E-state index contributed by atoms with van der Waals surface area (Å²) in [7, 11) is 1.73. The average molecular weight is 369 g/mol. The van der Waals surface area contributed by atoms with E-state index < -0.39 is 6.10 Å². The molecule has 0 saturated carbocycles. The van der Waals surface area contributed by atoms with Gasteiger partial charge in [-0.1, -0.05) is 62.2 Å². The SMILES string of the molecule is CCCCC(C(O)c1ccccc1)N1CCN(c2ccccc2OC)CC1. The molecule has 1 saturated heterocycles. The molecular weight excluding hydrogens is 336 g/mol. The Hall–Kier alpha value is -2.04. The van der Waals surface area contributed by atoms with Gasteiger partial charge in [-0.3, -0.25) is 4.90 Å². The van der Waals surface area contributed by atoms with E-state index in [1.54, 1.807) is 7.11 Å². The van der Waals surface area contributed by atoms with Crippen molar-refractivity contribution in [3.05, 3.63) is 60.2 Å². The standard InChI is InChI=1S/C23H32N2O2/c1-3-4-12-21(23(26)19-10-6-5-7-11-19)25-17-15-24(16-18-25)20-13-8-9-14-22(20)27-2/h5-11,13-14,21,23,26H,3-4,12,15-18H2,1-2H3. The van der Waals surface area contributed by atoms with Crippen LogP contribution in [0.1, 0.15) is 37.9 Å². The first-order valence-corrected chi connectivity index (χ1v) is 10.1. The van der Waals surface area contributed by atoms with Gasteiger partial charge in [0.1, 0.15) is 5.75 Å². The van der Waals surface area contributed by atoms with Crippen molar-refractivity contribution in [2.45, 2.75) is 38.3 Å². The van der Waals surface area contributed by atoms with Crippen LogP contribution in [0, 0.1) is 0 Å². The van der Waals surface area contributed by atoms with Crippen molar-refractivity contribution < 1.29 is 9.84 Å². The lowest BCUT2D eigenvalue weighted by Crippen LogP contribution is -2.52. The summed E-state index contributed by atoms with van der Waals surface area (Å²) >= 11 is 0. The summed E-state index contributed by atoms with van der Waals surface area (Å²) < 4.78 is 5.53. The minimum Gasteiger partial charge on any atom is -0.495 e. The zero-order chi connectivity index (χ0) is 19.1. The molecule has 2 aromatic carbocycles. The Kier molecular flexibility index (Phi) is 7.13. The number of anilines is 1. The molecule has 1 aliphatic rings. The molecule has 0 aliphatic carbocycles. The third-order valence-corrected chi connectivity index (χ3v) is 5.57. The summed E-state index contributed by atoms with van der Waals surface area (Å²) in [6.07, 6.45) is 2.89. The van der Waals surface area contributed by atoms with E-state index in [9.17, 15) is 5.11 Å². The fourth-order valence-corrected chi connectivity index (χ4v) is 4.01. The maximum atomic E-state index is 11.0. The molecule has 3 rings (SSSR count). The number of hydrogen-bond acceptors (Lipinski definition) is 4. The number of para-hydroxylation sites is 2. The van der Waals surface area contributed by atoms with Gasteiger partial charge in [-0.15, -0.1) is 0 Å². The molecule has 0 radical (unpaired) electrons. The number of hydrogen-bond donors (Lipinski definition) is 1. The smallest absolute Gasteiger partial charge is 0.142 e. The Balaban J connectivity index is 1.69. The van der Waals surface area contributed by atoms with Crippen LogP contribution in [0.4, 0.5) is 5.69 Å². The molecule has 146 valence electrons. The fraction of sp³-hybridized carbons (Fsp3) is 0.478. The lowest BCUT2D eigenvalue weighted by Gasteiger charge is -2.42. The van der Waals surface area contributed by atoms with Gasteiger partial charge in [-0.05, 0) is 24.1 Å². The lowest BCUT2D eigenvalue weighted by molar-refractivity contribution is 0.0385. The van der Waals surface area contributed by atoms with Gasteiger partial charge in [0.15, 0.2) is 0 Å². The molecule has 4 nitrogen and oxygen atoms in total. The molecule has 0 bridgehead atoms. The largest absolute Gasteiger partial charge is 0.495 e. The van der Waals surface area contributed by atoms with E-state index in [1.165, 1.54) is 0 Å². The molecule has 0 spiro atoms. The highest BCUT2D eigenvalue weighted by atomic mass is 16.5. The van der Waals surface area contributed by atoms with Crippen molar-refractivity contribution in [3.63, 3.8) is 0 Å². The fourth-order valence-electron chi connectivity index (χ4n) is 4.01. The van der Waals surface area contributed by atoms with Gasteiger partial charge in [0.2, 0.25) is 0 Å². The normalized spacial score (nSPS) is 17.5. The number of aliphatic hydroxyl groups is 1. The first kappa shape index (κ1) is 19.7. The second kappa shape index (κ2) is 9.77. The van der Waals surface area contributed by atoms with Crippen LogP contribution in [0.15, 0.2) is 54.6 Å².